The molecule has 2 heterocycles. The maximum absolute atomic E-state index is 12.2. The van der Waals surface area contributed by atoms with Crippen LogP contribution in [0.4, 0.5) is 0 Å². The third-order valence-corrected chi connectivity index (χ3v) is 3.36. The molecule has 5 nitrogen and oxygen atoms in total. The summed E-state index contributed by atoms with van der Waals surface area (Å²) < 4.78 is 1.88. The molecule has 0 aliphatic rings. The van der Waals surface area contributed by atoms with Gasteiger partial charge in [-0.1, -0.05) is 36.4 Å². The van der Waals surface area contributed by atoms with Crippen LogP contribution in [0.5, 0.6) is 0 Å². The second-order valence-corrected chi connectivity index (χ2v) is 4.98. The van der Waals surface area contributed by atoms with Crippen LogP contribution in [0.25, 0.3) is 11.7 Å². The van der Waals surface area contributed by atoms with Gasteiger partial charge in [-0.15, -0.1) is 10.2 Å². The van der Waals surface area contributed by atoms with E-state index in [2.05, 4.69) is 10.2 Å². The van der Waals surface area contributed by atoms with Crippen molar-refractivity contribution in [3.63, 3.8) is 0 Å². The SMILES string of the molecule is CN(Cc1nnc2ccccn12)C(=O)/C=C/c1ccccc1. The number of benzene rings is 1. The second-order valence-electron chi connectivity index (χ2n) is 4.98. The number of nitrogens with zero attached hydrogens (tertiary/aromatic N) is 4. The molecule has 3 rings (SSSR count). The van der Waals surface area contributed by atoms with Crippen LogP contribution in [0.2, 0.25) is 0 Å². The maximum Gasteiger partial charge on any atom is 0.246 e. The number of carbonyl (C=O) groups is 1. The van der Waals surface area contributed by atoms with Gasteiger partial charge in [0.05, 0.1) is 6.54 Å². The summed E-state index contributed by atoms with van der Waals surface area (Å²) in [6.45, 7) is 0.406. The number of amides is 1. The van der Waals surface area contributed by atoms with Crippen molar-refractivity contribution >= 4 is 17.6 Å². The molecular weight excluding hydrogens is 276 g/mol. The zero-order chi connectivity index (χ0) is 15.4. The minimum absolute atomic E-state index is 0.0727. The van der Waals surface area contributed by atoms with Crippen LogP contribution in [0, 0.1) is 0 Å². The molecule has 0 N–H and O–H groups in total. The average Bonchev–Trinajstić information content (AvgIpc) is 2.97. The molecule has 0 fully saturated rings. The van der Waals surface area contributed by atoms with Gasteiger partial charge in [-0.2, -0.15) is 0 Å². The molecule has 0 aliphatic heterocycles. The Labute approximate surface area is 128 Å². The van der Waals surface area contributed by atoms with Gasteiger partial charge in [-0.25, -0.2) is 0 Å². The van der Waals surface area contributed by atoms with Crippen molar-refractivity contribution in [1.82, 2.24) is 19.5 Å². The lowest BCUT2D eigenvalue weighted by molar-refractivity contribution is -0.125. The number of fused-ring (bicyclic) bond motifs is 1. The van der Waals surface area contributed by atoms with Crippen molar-refractivity contribution in [3.8, 4) is 0 Å². The van der Waals surface area contributed by atoms with Gasteiger partial charge in [0.1, 0.15) is 0 Å². The summed E-state index contributed by atoms with van der Waals surface area (Å²) in [5.41, 5.74) is 1.77. The summed E-state index contributed by atoms with van der Waals surface area (Å²) in [6, 6.07) is 15.4. The molecule has 2 aromatic heterocycles. The Bertz CT molecular complexity index is 808. The number of carbonyl (C=O) groups excluding carboxylic acids is 1. The average molecular weight is 292 g/mol. The van der Waals surface area contributed by atoms with Crippen LogP contribution in [0.3, 0.4) is 0 Å². The first-order valence-corrected chi connectivity index (χ1v) is 7.01. The van der Waals surface area contributed by atoms with Gasteiger partial charge in [0, 0.05) is 19.3 Å². The predicted molar refractivity (Wildman–Crippen MR) is 84.9 cm³/mol. The van der Waals surface area contributed by atoms with Gasteiger partial charge in [-0.05, 0) is 23.8 Å². The first-order chi connectivity index (χ1) is 10.7. The lowest BCUT2D eigenvalue weighted by atomic mass is 10.2. The van der Waals surface area contributed by atoms with E-state index in [1.807, 2.05) is 59.1 Å². The van der Waals surface area contributed by atoms with Gasteiger partial charge in [-0.3, -0.25) is 9.20 Å². The summed E-state index contributed by atoms with van der Waals surface area (Å²) in [6.07, 6.45) is 5.27. The molecule has 5 heteroatoms. The van der Waals surface area contributed by atoms with E-state index in [1.54, 1.807) is 24.1 Å². The summed E-state index contributed by atoms with van der Waals surface area (Å²) >= 11 is 0. The molecule has 1 amide bonds. The van der Waals surface area contributed by atoms with Crippen molar-refractivity contribution in [2.24, 2.45) is 0 Å². The quantitative estimate of drug-likeness (QED) is 0.694. The number of hydrogen-bond acceptors (Lipinski definition) is 3. The number of likely N-dealkylation sites (N-methyl/N-ethyl adjacent to an activating group) is 1. The summed E-state index contributed by atoms with van der Waals surface area (Å²) in [7, 11) is 1.75. The van der Waals surface area contributed by atoms with E-state index in [0.29, 0.717) is 6.54 Å². The highest BCUT2D eigenvalue weighted by Crippen LogP contribution is 2.06. The third-order valence-electron chi connectivity index (χ3n) is 3.36. The Morgan fingerprint density at radius 2 is 1.91 bits per heavy atom. The second kappa shape index (κ2) is 6.22. The molecule has 0 spiro atoms. The van der Waals surface area contributed by atoms with Crippen molar-refractivity contribution in [2.75, 3.05) is 7.05 Å². The topological polar surface area (TPSA) is 50.5 Å². The fraction of sp³-hybridized carbons (Fsp3) is 0.118. The van der Waals surface area contributed by atoms with E-state index < -0.39 is 0 Å². The van der Waals surface area contributed by atoms with Crippen LogP contribution >= 0.6 is 0 Å². The molecule has 22 heavy (non-hydrogen) atoms. The van der Waals surface area contributed by atoms with Crippen molar-refractivity contribution in [1.29, 1.82) is 0 Å². The van der Waals surface area contributed by atoms with E-state index >= 15 is 0 Å². The third kappa shape index (κ3) is 3.03. The first-order valence-electron chi connectivity index (χ1n) is 7.01. The Balaban J connectivity index is 1.70. The normalized spacial score (nSPS) is 11.1. The van der Waals surface area contributed by atoms with Gasteiger partial charge in [0.15, 0.2) is 11.5 Å². The minimum atomic E-state index is -0.0727. The highest BCUT2D eigenvalue weighted by molar-refractivity contribution is 5.91. The zero-order valence-corrected chi connectivity index (χ0v) is 12.3. The Morgan fingerprint density at radius 3 is 2.73 bits per heavy atom. The standard InChI is InChI=1S/C17H16N4O/c1-20(17(22)11-10-14-7-3-2-4-8-14)13-16-19-18-15-9-5-6-12-21(15)16/h2-12H,13H2,1H3/b11-10+. The van der Waals surface area contributed by atoms with Crippen molar-refractivity contribution < 1.29 is 4.79 Å². The lowest BCUT2D eigenvalue weighted by Gasteiger charge is -2.13. The van der Waals surface area contributed by atoms with Crippen LogP contribution in [-0.4, -0.2) is 32.5 Å². The fourth-order valence-corrected chi connectivity index (χ4v) is 2.15. The van der Waals surface area contributed by atoms with E-state index in [9.17, 15) is 4.79 Å². The molecule has 0 unspecified atom stereocenters. The molecule has 0 aliphatic carbocycles. The largest absolute Gasteiger partial charge is 0.335 e. The summed E-state index contributed by atoms with van der Waals surface area (Å²) in [4.78, 5) is 13.8. The fourth-order valence-electron chi connectivity index (χ4n) is 2.15. The smallest absolute Gasteiger partial charge is 0.246 e. The van der Waals surface area contributed by atoms with Crippen LogP contribution in [0.1, 0.15) is 11.4 Å². The molecule has 3 aromatic rings. The molecule has 0 saturated carbocycles. The Hall–Kier alpha value is -2.95. The maximum atomic E-state index is 12.2. The highest BCUT2D eigenvalue weighted by Gasteiger charge is 2.10. The minimum Gasteiger partial charge on any atom is -0.335 e. The van der Waals surface area contributed by atoms with E-state index in [-0.39, 0.29) is 5.91 Å². The van der Waals surface area contributed by atoms with Crippen LogP contribution in [0.15, 0.2) is 60.8 Å². The van der Waals surface area contributed by atoms with E-state index in [1.165, 1.54) is 0 Å². The van der Waals surface area contributed by atoms with E-state index in [4.69, 9.17) is 0 Å². The molecule has 110 valence electrons. The predicted octanol–water partition coefficient (Wildman–Crippen LogP) is 2.40. The van der Waals surface area contributed by atoms with Crippen molar-refractivity contribution in [2.45, 2.75) is 6.54 Å². The molecule has 1 aromatic carbocycles. The summed E-state index contributed by atoms with van der Waals surface area (Å²) in [5, 5.41) is 8.21. The van der Waals surface area contributed by atoms with Gasteiger partial charge in [0.25, 0.3) is 0 Å². The van der Waals surface area contributed by atoms with Gasteiger partial charge >= 0.3 is 0 Å². The lowest BCUT2D eigenvalue weighted by Crippen LogP contribution is -2.25. The zero-order valence-electron chi connectivity index (χ0n) is 12.3. The van der Waals surface area contributed by atoms with Gasteiger partial charge in [0.2, 0.25) is 5.91 Å². The van der Waals surface area contributed by atoms with Crippen LogP contribution < -0.4 is 0 Å². The highest BCUT2D eigenvalue weighted by atomic mass is 16.2. The molecule has 0 saturated heterocycles. The van der Waals surface area contributed by atoms with Crippen LogP contribution in [-0.2, 0) is 11.3 Å². The van der Waals surface area contributed by atoms with E-state index in [0.717, 1.165) is 17.0 Å². The number of rotatable bonds is 4. The molecular formula is C17H16N4O. The van der Waals surface area contributed by atoms with Gasteiger partial charge < -0.3 is 4.90 Å². The molecule has 0 bridgehead atoms. The molecule has 0 radical (unpaired) electrons. The summed E-state index contributed by atoms with van der Waals surface area (Å²) in [5.74, 6) is 0.663. The van der Waals surface area contributed by atoms with Crippen molar-refractivity contribution in [3.05, 3.63) is 72.2 Å². The monoisotopic (exact) mass is 292 g/mol. The Kier molecular flexibility index (Phi) is 3.96. The number of aromatic nitrogens is 3. The number of pyridine rings is 1. The number of hydrogen-bond donors (Lipinski definition) is 0. The Morgan fingerprint density at radius 1 is 1.14 bits per heavy atom. The molecule has 0 atom stereocenters. The first kappa shape index (κ1) is 14.0.